The van der Waals surface area contributed by atoms with Gasteiger partial charge in [-0.15, -0.1) is 10.2 Å². The van der Waals surface area contributed by atoms with Crippen LogP contribution in [0.5, 0.6) is 5.75 Å². The average molecular weight is 343 g/mol. The van der Waals surface area contributed by atoms with Gasteiger partial charge in [0.15, 0.2) is 19.0 Å². The highest BCUT2D eigenvalue weighted by Crippen LogP contribution is 2.18. The van der Waals surface area contributed by atoms with Crippen molar-refractivity contribution in [2.45, 2.75) is 6.61 Å². The Bertz CT molecular complexity index is 854. The van der Waals surface area contributed by atoms with Gasteiger partial charge in [0.2, 0.25) is 0 Å². The van der Waals surface area contributed by atoms with E-state index in [-0.39, 0.29) is 25.0 Å². The smallest absolute Gasteiger partial charge is 0.338 e. The summed E-state index contributed by atoms with van der Waals surface area (Å²) in [6.07, 6.45) is 1.48. The summed E-state index contributed by atoms with van der Waals surface area (Å²) in [6, 6.07) is 9.42. The van der Waals surface area contributed by atoms with Gasteiger partial charge in [-0.3, -0.25) is 4.79 Å². The molecule has 9 heteroatoms. The predicted octanol–water partition coefficient (Wildman–Crippen LogP) is 1.55. The molecule has 2 heterocycles. The van der Waals surface area contributed by atoms with Crippen molar-refractivity contribution in [3.8, 4) is 17.4 Å². The van der Waals surface area contributed by atoms with E-state index in [0.29, 0.717) is 17.1 Å². The summed E-state index contributed by atoms with van der Waals surface area (Å²) in [6.45, 7) is -0.411. The maximum atomic E-state index is 12.0. The van der Waals surface area contributed by atoms with Gasteiger partial charge in [-0.1, -0.05) is 0 Å². The lowest BCUT2D eigenvalue weighted by molar-refractivity contribution is -0.119. The van der Waals surface area contributed by atoms with Crippen molar-refractivity contribution in [2.75, 3.05) is 6.61 Å². The first-order chi connectivity index (χ1) is 12.1. The summed E-state index contributed by atoms with van der Waals surface area (Å²) in [7, 11) is 0. The van der Waals surface area contributed by atoms with Gasteiger partial charge in [-0.25, -0.2) is 4.79 Å². The van der Waals surface area contributed by atoms with Crippen LogP contribution in [0.1, 0.15) is 16.2 Å². The lowest BCUT2D eigenvalue weighted by Gasteiger charge is -2.05. The second-order valence-corrected chi connectivity index (χ2v) is 4.83. The van der Waals surface area contributed by atoms with Crippen LogP contribution in [0, 0.1) is 0 Å². The maximum absolute atomic E-state index is 12.0. The molecule has 0 aliphatic heterocycles. The minimum absolute atomic E-state index is 0.140. The van der Waals surface area contributed by atoms with Crippen molar-refractivity contribution in [1.82, 2.24) is 10.2 Å². The van der Waals surface area contributed by atoms with E-state index in [1.165, 1.54) is 30.5 Å². The zero-order valence-corrected chi connectivity index (χ0v) is 12.9. The number of esters is 1. The molecule has 0 aliphatic carbocycles. The molecular weight excluding hydrogens is 330 g/mol. The van der Waals surface area contributed by atoms with Crippen molar-refractivity contribution in [1.29, 1.82) is 0 Å². The average Bonchev–Trinajstić information content (AvgIpc) is 3.29. The van der Waals surface area contributed by atoms with Crippen LogP contribution in [-0.4, -0.2) is 28.7 Å². The number of hydrogen-bond acceptors (Lipinski definition) is 8. The Labute approximate surface area is 141 Å². The number of primary amides is 1. The van der Waals surface area contributed by atoms with E-state index in [1.807, 2.05) is 0 Å². The van der Waals surface area contributed by atoms with Crippen LogP contribution >= 0.6 is 0 Å². The van der Waals surface area contributed by atoms with Gasteiger partial charge in [-0.2, -0.15) is 0 Å². The SMILES string of the molecule is NC(=O)COc1ccc(C(=O)OCc2nnc(-c3ccco3)o2)cc1. The number of benzene rings is 1. The number of aromatic nitrogens is 2. The number of furan rings is 1. The molecule has 0 radical (unpaired) electrons. The molecule has 0 saturated heterocycles. The summed E-state index contributed by atoms with van der Waals surface area (Å²) in [5, 5.41) is 7.57. The predicted molar refractivity (Wildman–Crippen MR) is 82.3 cm³/mol. The van der Waals surface area contributed by atoms with Gasteiger partial charge in [0.1, 0.15) is 5.75 Å². The van der Waals surface area contributed by atoms with Crippen molar-refractivity contribution in [3.63, 3.8) is 0 Å². The molecule has 0 atom stereocenters. The maximum Gasteiger partial charge on any atom is 0.338 e. The number of nitrogens with two attached hydrogens (primary N) is 1. The number of carbonyl (C=O) groups is 2. The highest BCUT2D eigenvalue weighted by atomic mass is 16.5. The summed E-state index contributed by atoms with van der Waals surface area (Å²) >= 11 is 0. The summed E-state index contributed by atoms with van der Waals surface area (Å²) in [5.41, 5.74) is 5.29. The topological polar surface area (TPSA) is 131 Å². The highest BCUT2D eigenvalue weighted by Gasteiger charge is 2.13. The van der Waals surface area contributed by atoms with Crippen LogP contribution < -0.4 is 10.5 Å². The summed E-state index contributed by atoms with van der Waals surface area (Å²) in [4.78, 5) is 22.6. The fourth-order valence-corrected chi connectivity index (χ4v) is 1.86. The fraction of sp³-hybridized carbons (Fsp3) is 0.125. The van der Waals surface area contributed by atoms with Crippen LogP contribution in [0.25, 0.3) is 11.7 Å². The van der Waals surface area contributed by atoms with E-state index in [4.69, 9.17) is 24.0 Å². The van der Waals surface area contributed by atoms with E-state index >= 15 is 0 Å². The second kappa shape index (κ2) is 7.30. The standard InChI is InChI=1S/C16H13N3O6/c17-13(20)8-23-11-5-3-10(4-6-11)16(21)24-9-14-18-19-15(25-14)12-2-1-7-22-12/h1-7H,8-9H2,(H2,17,20). The number of ether oxygens (including phenoxy) is 2. The highest BCUT2D eigenvalue weighted by molar-refractivity contribution is 5.89. The molecule has 3 aromatic rings. The third kappa shape index (κ3) is 4.22. The molecule has 0 spiro atoms. The Morgan fingerprint density at radius 1 is 1.12 bits per heavy atom. The number of carbonyl (C=O) groups excluding carboxylic acids is 2. The molecule has 128 valence electrons. The minimum atomic E-state index is -0.586. The number of hydrogen-bond donors (Lipinski definition) is 1. The van der Waals surface area contributed by atoms with E-state index in [1.54, 1.807) is 12.1 Å². The third-order valence-electron chi connectivity index (χ3n) is 3.00. The summed E-state index contributed by atoms with van der Waals surface area (Å²) < 4.78 is 20.7. The van der Waals surface area contributed by atoms with E-state index in [9.17, 15) is 9.59 Å². The molecular formula is C16H13N3O6. The van der Waals surface area contributed by atoms with Crippen LogP contribution in [-0.2, 0) is 16.1 Å². The van der Waals surface area contributed by atoms with E-state index in [0.717, 1.165) is 0 Å². The Balaban J connectivity index is 1.54. The first-order valence-corrected chi connectivity index (χ1v) is 7.16. The number of amides is 1. The zero-order chi connectivity index (χ0) is 17.6. The Morgan fingerprint density at radius 3 is 2.60 bits per heavy atom. The Morgan fingerprint density at radius 2 is 1.92 bits per heavy atom. The first-order valence-electron chi connectivity index (χ1n) is 7.16. The second-order valence-electron chi connectivity index (χ2n) is 4.83. The zero-order valence-electron chi connectivity index (χ0n) is 12.9. The molecule has 0 fully saturated rings. The van der Waals surface area contributed by atoms with E-state index in [2.05, 4.69) is 10.2 Å². The van der Waals surface area contributed by atoms with Crippen molar-refractivity contribution < 1.29 is 27.9 Å². The molecule has 0 unspecified atom stereocenters. The van der Waals surface area contributed by atoms with Crippen LogP contribution in [0.3, 0.4) is 0 Å². The molecule has 0 aliphatic rings. The van der Waals surface area contributed by atoms with Crippen LogP contribution in [0.4, 0.5) is 0 Å². The van der Waals surface area contributed by atoms with Gasteiger partial charge in [0, 0.05) is 0 Å². The van der Waals surface area contributed by atoms with Gasteiger partial charge < -0.3 is 24.0 Å². The van der Waals surface area contributed by atoms with Gasteiger partial charge in [0.25, 0.3) is 17.7 Å². The summed E-state index contributed by atoms with van der Waals surface area (Å²) in [5.74, 6) is 0.0243. The van der Waals surface area contributed by atoms with Crippen molar-refractivity contribution in [3.05, 3.63) is 54.1 Å². The fourth-order valence-electron chi connectivity index (χ4n) is 1.86. The third-order valence-corrected chi connectivity index (χ3v) is 3.00. The molecule has 2 N–H and O–H groups in total. The van der Waals surface area contributed by atoms with Crippen LogP contribution in [0.15, 0.2) is 51.5 Å². The molecule has 0 bridgehead atoms. The first kappa shape index (κ1) is 16.2. The van der Waals surface area contributed by atoms with Gasteiger partial charge >= 0.3 is 5.97 Å². The monoisotopic (exact) mass is 343 g/mol. The lowest BCUT2D eigenvalue weighted by atomic mass is 10.2. The number of nitrogens with zero attached hydrogens (tertiary/aromatic N) is 2. The molecule has 25 heavy (non-hydrogen) atoms. The van der Waals surface area contributed by atoms with Crippen molar-refractivity contribution in [2.24, 2.45) is 5.73 Å². The Hall–Kier alpha value is -3.62. The minimum Gasteiger partial charge on any atom is -0.484 e. The molecule has 2 aromatic heterocycles. The lowest BCUT2D eigenvalue weighted by Crippen LogP contribution is -2.20. The quantitative estimate of drug-likeness (QED) is 0.639. The number of rotatable bonds is 7. The van der Waals surface area contributed by atoms with Crippen molar-refractivity contribution >= 4 is 11.9 Å². The molecule has 0 saturated carbocycles. The Kier molecular flexibility index (Phi) is 4.74. The normalized spacial score (nSPS) is 10.4. The molecule has 1 aromatic carbocycles. The van der Waals surface area contributed by atoms with E-state index < -0.39 is 11.9 Å². The molecule has 1 amide bonds. The molecule has 3 rings (SSSR count). The largest absolute Gasteiger partial charge is 0.484 e. The molecule has 9 nitrogen and oxygen atoms in total. The van der Waals surface area contributed by atoms with Crippen LogP contribution in [0.2, 0.25) is 0 Å². The van der Waals surface area contributed by atoms with Gasteiger partial charge in [-0.05, 0) is 36.4 Å². The van der Waals surface area contributed by atoms with Gasteiger partial charge in [0.05, 0.1) is 11.8 Å².